The Hall–Kier alpha value is -1.03. The molecule has 0 radical (unpaired) electrons. The Morgan fingerprint density at radius 3 is 2.65 bits per heavy atom. The van der Waals surface area contributed by atoms with Crippen molar-refractivity contribution in [3.63, 3.8) is 0 Å². The summed E-state index contributed by atoms with van der Waals surface area (Å²) in [5.74, 6) is 0.105. The van der Waals surface area contributed by atoms with E-state index in [1.54, 1.807) is 6.07 Å². The Labute approximate surface area is 131 Å². The van der Waals surface area contributed by atoms with E-state index < -0.39 is 0 Å². The monoisotopic (exact) mass is 325 g/mol. The summed E-state index contributed by atoms with van der Waals surface area (Å²) in [6.07, 6.45) is 2.16. The molecular weight excluding hydrogens is 313 g/mol. The second-order valence-corrected chi connectivity index (χ2v) is 6.65. The average molecular weight is 326 g/mol. The van der Waals surface area contributed by atoms with Gasteiger partial charge < -0.3 is 4.90 Å². The minimum Gasteiger partial charge on any atom is -0.331 e. The second-order valence-electron chi connectivity index (χ2n) is 4.89. The van der Waals surface area contributed by atoms with Crippen molar-refractivity contribution in [2.24, 2.45) is 0 Å². The predicted molar refractivity (Wildman–Crippen MR) is 83.7 cm³/mol. The number of nitrogens with zero attached hydrogens (tertiary/aromatic N) is 1. The smallest absolute Gasteiger partial charge is 0.264 e. The fraction of sp³-hybridized carbons (Fsp3) is 0.267. The highest BCUT2D eigenvalue weighted by Crippen LogP contribution is 2.31. The molecule has 1 aromatic heterocycles. The number of carbonyl (C=O) groups excluding carboxylic acids is 1. The molecular formula is C15H13Cl2NOS. The molecule has 3 rings (SSSR count). The van der Waals surface area contributed by atoms with Gasteiger partial charge in [0.15, 0.2) is 0 Å². The number of carbonyl (C=O) groups is 1. The zero-order valence-corrected chi connectivity index (χ0v) is 13.0. The summed E-state index contributed by atoms with van der Waals surface area (Å²) in [4.78, 5) is 15.2. The van der Waals surface area contributed by atoms with E-state index >= 15 is 0 Å². The number of halogens is 2. The molecule has 1 saturated carbocycles. The van der Waals surface area contributed by atoms with E-state index in [1.807, 2.05) is 34.5 Å². The summed E-state index contributed by atoms with van der Waals surface area (Å²) < 4.78 is 0. The Balaban J connectivity index is 1.81. The van der Waals surface area contributed by atoms with Crippen LogP contribution in [0.25, 0.3) is 0 Å². The first-order valence-corrected chi connectivity index (χ1v) is 8.07. The van der Waals surface area contributed by atoms with Crippen molar-refractivity contribution >= 4 is 40.4 Å². The summed E-state index contributed by atoms with van der Waals surface area (Å²) in [6.45, 7) is 0.582. The van der Waals surface area contributed by atoms with Crippen LogP contribution in [0.5, 0.6) is 0 Å². The number of rotatable bonds is 4. The molecule has 0 aliphatic heterocycles. The molecule has 0 saturated heterocycles. The summed E-state index contributed by atoms with van der Waals surface area (Å²) in [7, 11) is 0. The summed E-state index contributed by atoms with van der Waals surface area (Å²) in [5.41, 5.74) is 1.01. The largest absolute Gasteiger partial charge is 0.331 e. The molecule has 104 valence electrons. The number of hydrogen-bond acceptors (Lipinski definition) is 2. The predicted octanol–water partition coefficient (Wildman–Crippen LogP) is 4.86. The number of amides is 1. The second kappa shape index (κ2) is 5.76. The van der Waals surface area contributed by atoms with Crippen LogP contribution in [0.2, 0.25) is 10.0 Å². The maximum atomic E-state index is 12.5. The van der Waals surface area contributed by atoms with E-state index in [4.69, 9.17) is 23.2 Å². The first kappa shape index (κ1) is 13.9. The van der Waals surface area contributed by atoms with Gasteiger partial charge in [-0.05, 0) is 42.0 Å². The van der Waals surface area contributed by atoms with Crippen LogP contribution in [0.15, 0.2) is 35.7 Å². The third-order valence-corrected chi connectivity index (χ3v) is 4.91. The van der Waals surface area contributed by atoms with Crippen LogP contribution in [0.4, 0.5) is 0 Å². The van der Waals surface area contributed by atoms with Crippen LogP contribution in [0.1, 0.15) is 28.1 Å². The van der Waals surface area contributed by atoms with E-state index in [2.05, 4.69) is 0 Å². The Kier molecular flexibility index (Phi) is 4.01. The molecule has 2 aromatic rings. The summed E-state index contributed by atoms with van der Waals surface area (Å²) in [5, 5.41) is 3.00. The molecule has 1 amide bonds. The Morgan fingerprint density at radius 2 is 2.05 bits per heavy atom. The molecule has 1 fully saturated rings. The highest BCUT2D eigenvalue weighted by atomic mass is 35.5. The van der Waals surface area contributed by atoms with Gasteiger partial charge in [0, 0.05) is 12.6 Å². The number of thiophene rings is 1. The van der Waals surface area contributed by atoms with Crippen molar-refractivity contribution in [2.45, 2.75) is 25.4 Å². The lowest BCUT2D eigenvalue weighted by Crippen LogP contribution is -2.32. The molecule has 0 spiro atoms. The highest BCUT2D eigenvalue weighted by Gasteiger charge is 2.33. The molecule has 5 heteroatoms. The lowest BCUT2D eigenvalue weighted by atomic mass is 10.2. The molecule has 2 nitrogen and oxygen atoms in total. The minimum absolute atomic E-state index is 0.105. The third-order valence-electron chi connectivity index (χ3n) is 3.32. The topological polar surface area (TPSA) is 20.3 Å². The maximum absolute atomic E-state index is 12.5. The quantitative estimate of drug-likeness (QED) is 0.786. The fourth-order valence-electron chi connectivity index (χ4n) is 2.13. The standard InChI is InChI=1S/C15H13Cl2NOS/c16-12-6-3-10(8-13(12)17)9-18(11-4-5-11)15(19)14-2-1-7-20-14/h1-3,6-8,11H,4-5,9H2. The Bertz CT molecular complexity index is 623. The third kappa shape index (κ3) is 3.00. The number of benzene rings is 1. The molecule has 1 aliphatic rings. The van der Waals surface area contributed by atoms with Gasteiger partial charge >= 0.3 is 0 Å². The molecule has 0 bridgehead atoms. The fourth-order valence-corrected chi connectivity index (χ4v) is 3.13. The molecule has 0 unspecified atom stereocenters. The van der Waals surface area contributed by atoms with Gasteiger partial charge in [0.1, 0.15) is 0 Å². The van der Waals surface area contributed by atoms with Crippen LogP contribution in [-0.4, -0.2) is 16.8 Å². The van der Waals surface area contributed by atoms with Crippen LogP contribution < -0.4 is 0 Å². The van der Waals surface area contributed by atoms with Gasteiger partial charge in [-0.3, -0.25) is 4.79 Å². The normalized spacial score (nSPS) is 14.3. The van der Waals surface area contributed by atoms with Crippen LogP contribution in [-0.2, 0) is 6.54 Å². The molecule has 0 N–H and O–H groups in total. The zero-order chi connectivity index (χ0) is 14.1. The van der Waals surface area contributed by atoms with E-state index in [-0.39, 0.29) is 5.91 Å². The van der Waals surface area contributed by atoms with Gasteiger partial charge in [-0.25, -0.2) is 0 Å². The van der Waals surface area contributed by atoms with E-state index in [0.717, 1.165) is 23.3 Å². The maximum Gasteiger partial charge on any atom is 0.264 e. The van der Waals surface area contributed by atoms with Gasteiger partial charge in [0.05, 0.1) is 14.9 Å². The van der Waals surface area contributed by atoms with Crippen LogP contribution in [0.3, 0.4) is 0 Å². The first-order valence-electron chi connectivity index (χ1n) is 6.43. The van der Waals surface area contributed by atoms with E-state index in [9.17, 15) is 4.79 Å². The van der Waals surface area contributed by atoms with Crippen molar-refractivity contribution in [1.82, 2.24) is 4.90 Å². The van der Waals surface area contributed by atoms with Gasteiger partial charge in [-0.1, -0.05) is 35.3 Å². The first-order chi connectivity index (χ1) is 9.65. The van der Waals surface area contributed by atoms with Crippen molar-refractivity contribution in [1.29, 1.82) is 0 Å². The lowest BCUT2D eigenvalue weighted by Gasteiger charge is -2.22. The molecule has 1 aliphatic carbocycles. The molecule has 1 aromatic carbocycles. The van der Waals surface area contributed by atoms with Crippen LogP contribution in [0, 0.1) is 0 Å². The van der Waals surface area contributed by atoms with Crippen molar-refractivity contribution in [2.75, 3.05) is 0 Å². The molecule has 1 heterocycles. The van der Waals surface area contributed by atoms with Crippen molar-refractivity contribution in [3.05, 3.63) is 56.2 Å². The number of hydrogen-bond donors (Lipinski definition) is 0. The van der Waals surface area contributed by atoms with Gasteiger partial charge in [-0.15, -0.1) is 11.3 Å². The molecule has 0 atom stereocenters. The zero-order valence-electron chi connectivity index (χ0n) is 10.7. The average Bonchev–Trinajstić information content (AvgIpc) is 3.13. The lowest BCUT2D eigenvalue weighted by molar-refractivity contribution is 0.0735. The summed E-state index contributed by atoms with van der Waals surface area (Å²) >= 11 is 13.4. The van der Waals surface area contributed by atoms with E-state index in [1.165, 1.54) is 11.3 Å². The van der Waals surface area contributed by atoms with E-state index in [0.29, 0.717) is 22.6 Å². The highest BCUT2D eigenvalue weighted by molar-refractivity contribution is 7.12. The minimum atomic E-state index is 0.105. The van der Waals surface area contributed by atoms with Crippen LogP contribution >= 0.6 is 34.5 Å². The Morgan fingerprint density at radius 1 is 1.25 bits per heavy atom. The summed E-state index contributed by atoms with van der Waals surface area (Å²) in [6, 6.07) is 9.67. The molecule has 20 heavy (non-hydrogen) atoms. The van der Waals surface area contributed by atoms with Gasteiger partial charge in [0.2, 0.25) is 0 Å². The SMILES string of the molecule is O=C(c1cccs1)N(Cc1ccc(Cl)c(Cl)c1)C1CC1. The van der Waals surface area contributed by atoms with Crippen molar-refractivity contribution in [3.8, 4) is 0 Å². The van der Waals surface area contributed by atoms with Gasteiger partial charge in [0.25, 0.3) is 5.91 Å². The van der Waals surface area contributed by atoms with Gasteiger partial charge in [-0.2, -0.15) is 0 Å². The van der Waals surface area contributed by atoms with Crippen molar-refractivity contribution < 1.29 is 4.79 Å².